The molecule has 0 aliphatic rings. The summed E-state index contributed by atoms with van der Waals surface area (Å²) in [7, 11) is 3.56. The predicted octanol–water partition coefficient (Wildman–Crippen LogP) is 4.37. The van der Waals surface area contributed by atoms with Gasteiger partial charge < -0.3 is 14.6 Å². The van der Waals surface area contributed by atoms with E-state index in [1.54, 1.807) is 36.0 Å². The van der Waals surface area contributed by atoms with Crippen LogP contribution >= 0.6 is 22.7 Å². The minimum atomic E-state index is -0.359. The first kappa shape index (κ1) is 20.3. The van der Waals surface area contributed by atoms with Crippen molar-refractivity contribution >= 4 is 28.6 Å². The van der Waals surface area contributed by atoms with E-state index in [4.69, 9.17) is 4.74 Å². The van der Waals surface area contributed by atoms with Crippen molar-refractivity contribution in [2.24, 2.45) is 7.05 Å². The van der Waals surface area contributed by atoms with E-state index >= 15 is 0 Å². The number of rotatable bonds is 7. The van der Waals surface area contributed by atoms with Crippen LogP contribution in [-0.4, -0.2) is 27.6 Å². The fourth-order valence-electron chi connectivity index (χ4n) is 3.30. The molecule has 1 aromatic carbocycles. The first-order valence-corrected chi connectivity index (χ1v) is 11.2. The third kappa shape index (κ3) is 4.29. The van der Waals surface area contributed by atoms with Gasteiger partial charge in [-0.3, -0.25) is 4.79 Å². The third-order valence-corrected chi connectivity index (χ3v) is 6.60. The summed E-state index contributed by atoms with van der Waals surface area (Å²) in [6, 6.07) is 11.4. The summed E-state index contributed by atoms with van der Waals surface area (Å²) >= 11 is 3.20. The van der Waals surface area contributed by atoms with Crippen LogP contribution in [0.25, 0.3) is 10.6 Å². The minimum absolute atomic E-state index is 0.0692. The molecule has 30 heavy (non-hydrogen) atoms. The highest BCUT2D eigenvalue weighted by Gasteiger charge is 2.23. The van der Waals surface area contributed by atoms with E-state index in [1.165, 1.54) is 0 Å². The van der Waals surface area contributed by atoms with E-state index in [1.807, 2.05) is 66.5 Å². The molecule has 154 valence electrons. The summed E-state index contributed by atoms with van der Waals surface area (Å²) in [5.74, 6) is 1.47. The van der Waals surface area contributed by atoms with Gasteiger partial charge in [-0.05, 0) is 36.1 Å². The lowest BCUT2D eigenvalue weighted by molar-refractivity contribution is -0.120. The fraction of sp³-hybridized carbons (Fsp3) is 0.227. The van der Waals surface area contributed by atoms with Gasteiger partial charge in [-0.2, -0.15) is 0 Å². The lowest BCUT2D eigenvalue weighted by Gasteiger charge is -2.19. The number of methoxy groups -OCH3 is 1. The Morgan fingerprint density at radius 1 is 1.27 bits per heavy atom. The van der Waals surface area contributed by atoms with Crippen LogP contribution in [0.4, 0.5) is 0 Å². The van der Waals surface area contributed by atoms with Gasteiger partial charge in [0.25, 0.3) is 0 Å². The number of nitrogens with zero attached hydrogens (tertiary/aromatic N) is 3. The van der Waals surface area contributed by atoms with Crippen LogP contribution < -0.4 is 10.1 Å². The molecular formula is C22H22N4O2S2. The first-order valence-electron chi connectivity index (χ1n) is 9.46. The molecule has 3 heterocycles. The smallest absolute Gasteiger partial charge is 0.226 e. The number of thiophene rings is 1. The Balaban J connectivity index is 1.59. The minimum Gasteiger partial charge on any atom is -0.497 e. The maximum atomic E-state index is 13.1. The monoisotopic (exact) mass is 438 g/mol. The summed E-state index contributed by atoms with van der Waals surface area (Å²) in [5.41, 5.74) is 1.85. The molecule has 0 saturated heterocycles. The maximum Gasteiger partial charge on any atom is 0.226 e. The van der Waals surface area contributed by atoms with Gasteiger partial charge in [-0.25, -0.2) is 9.97 Å². The SMILES string of the molecule is COc1ccc([C@@H](NC(=O)Cc2sc(C)nc2-c2cccs2)c2nccn2C)cc1. The molecule has 0 aliphatic heterocycles. The second-order valence-electron chi connectivity index (χ2n) is 6.83. The number of carbonyl (C=O) groups is 1. The van der Waals surface area contributed by atoms with Gasteiger partial charge in [0.05, 0.1) is 29.1 Å². The molecule has 0 bridgehead atoms. The van der Waals surface area contributed by atoms with Gasteiger partial charge in [0.1, 0.15) is 17.6 Å². The summed E-state index contributed by atoms with van der Waals surface area (Å²) < 4.78 is 7.18. The number of hydrogen-bond donors (Lipinski definition) is 1. The van der Waals surface area contributed by atoms with Crippen LogP contribution in [0, 0.1) is 6.92 Å². The van der Waals surface area contributed by atoms with Gasteiger partial charge in [0, 0.05) is 24.3 Å². The number of hydrogen-bond acceptors (Lipinski definition) is 6. The number of amides is 1. The Kier molecular flexibility index (Phi) is 5.96. The Bertz CT molecular complexity index is 1130. The number of aromatic nitrogens is 3. The van der Waals surface area contributed by atoms with E-state index in [2.05, 4.69) is 15.3 Å². The van der Waals surface area contributed by atoms with Crippen LogP contribution in [0.1, 0.15) is 27.3 Å². The van der Waals surface area contributed by atoms with Crippen molar-refractivity contribution < 1.29 is 9.53 Å². The zero-order valence-electron chi connectivity index (χ0n) is 17.0. The average molecular weight is 439 g/mol. The standard InChI is InChI=1S/C22H22N4O2S2/c1-14-24-21(17-5-4-12-29-17)18(30-14)13-19(27)25-20(22-23-10-11-26(22)2)15-6-8-16(28-3)9-7-15/h4-12,20H,13H2,1-3H3,(H,25,27)/t20-/m1/s1. The summed E-state index contributed by atoms with van der Waals surface area (Å²) in [5, 5.41) is 6.14. The topological polar surface area (TPSA) is 69.0 Å². The third-order valence-electron chi connectivity index (χ3n) is 4.75. The van der Waals surface area contributed by atoms with E-state index < -0.39 is 0 Å². The van der Waals surface area contributed by atoms with Crippen molar-refractivity contribution in [1.82, 2.24) is 19.9 Å². The van der Waals surface area contributed by atoms with Gasteiger partial charge in [-0.15, -0.1) is 22.7 Å². The van der Waals surface area contributed by atoms with E-state index in [-0.39, 0.29) is 18.4 Å². The fourth-order valence-corrected chi connectivity index (χ4v) is 5.06. The lowest BCUT2D eigenvalue weighted by Crippen LogP contribution is -2.32. The van der Waals surface area contributed by atoms with Gasteiger partial charge in [-0.1, -0.05) is 18.2 Å². The second-order valence-corrected chi connectivity index (χ2v) is 9.06. The van der Waals surface area contributed by atoms with Gasteiger partial charge in [0.15, 0.2) is 0 Å². The van der Waals surface area contributed by atoms with Crippen molar-refractivity contribution in [2.75, 3.05) is 7.11 Å². The molecule has 0 fully saturated rings. The molecule has 0 spiro atoms. The molecule has 1 amide bonds. The number of imidazole rings is 1. The van der Waals surface area contributed by atoms with E-state index in [0.29, 0.717) is 0 Å². The molecule has 3 aromatic heterocycles. The quantitative estimate of drug-likeness (QED) is 0.465. The van der Waals surface area contributed by atoms with Crippen LogP contribution in [0.2, 0.25) is 0 Å². The summed E-state index contributed by atoms with van der Waals surface area (Å²) in [4.78, 5) is 24.2. The largest absolute Gasteiger partial charge is 0.497 e. The molecular weight excluding hydrogens is 416 g/mol. The number of carbonyl (C=O) groups excluding carboxylic acids is 1. The number of benzene rings is 1. The van der Waals surface area contributed by atoms with Crippen molar-refractivity contribution in [3.05, 3.63) is 75.4 Å². The van der Waals surface area contributed by atoms with Gasteiger partial charge >= 0.3 is 0 Å². The van der Waals surface area contributed by atoms with Crippen molar-refractivity contribution in [1.29, 1.82) is 0 Å². The molecule has 1 N–H and O–H groups in total. The Morgan fingerprint density at radius 2 is 2.07 bits per heavy atom. The summed E-state index contributed by atoms with van der Waals surface area (Å²) in [6.45, 7) is 1.97. The van der Waals surface area contributed by atoms with Crippen LogP contribution in [0.15, 0.2) is 54.2 Å². The predicted molar refractivity (Wildman–Crippen MR) is 120 cm³/mol. The number of ether oxygens (including phenoxy) is 1. The highest BCUT2D eigenvalue weighted by molar-refractivity contribution is 7.15. The van der Waals surface area contributed by atoms with E-state index in [9.17, 15) is 4.79 Å². The molecule has 4 rings (SSSR count). The van der Waals surface area contributed by atoms with Gasteiger partial charge in [0.2, 0.25) is 5.91 Å². The Labute approximate surface area is 183 Å². The molecule has 4 aromatic rings. The zero-order valence-corrected chi connectivity index (χ0v) is 18.6. The number of nitrogens with one attached hydrogen (secondary N) is 1. The first-order chi connectivity index (χ1) is 14.5. The lowest BCUT2D eigenvalue weighted by atomic mass is 10.1. The molecule has 1 atom stereocenters. The van der Waals surface area contributed by atoms with Crippen molar-refractivity contribution in [3.8, 4) is 16.3 Å². The molecule has 0 aliphatic carbocycles. The second kappa shape index (κ2) is 8.81. The van der Waals surface area contributed by atoms with E-state index in [0.717, 1.165) is 37.6 Å². The highest BCUT2D eigenvalue weighted by atomic mass is 32.1. The van der Waals surface area contributed by atoms with Crippen molar-refractivity contribution in [2.45, 2.75) is 19.4 Å². The summed E-state index contributed by atoms with van der Waals surface area (Å²) in [6.07, 6.45) is 3.88. The molecule has 0 radical (unpaired) electrons. The molecule has 6 nitrogen and oxygen atoms in total. The van der Waals surface area contributed by atoms with Crippen molar-refractivity contribution in [3.63, 3.8) is 0 Å². The number of thiazole rings is 1. The Hall–Kier alpha value is -2.97. The normalized spacial score (nSPS) is 12.0. The van der Waals surface area contributed by atoms with Crippen LogP contribution in [0.5, 0.6) is 5.75 Å². The Morgan fingerprint density at radius 3 is 2.70 bits per heavy atom. The molecule has 0 unspecified atom stereocenters. The highest BCUT2D eigenvalue weighted by Crippen LogP contribution is 2.32. The average Bonchev–Trinajstić information content (AvgIpc) is 3.48. The molecule has 0 saturated carbocycles. The zero-order chi connectivity index (χ0) is 21.1. The van der Waals surface area contributed by atoms with Crippen LogP contribution in [0.3, 0.4) is 0 Å². The maximum absolute atomic E-state index is 13.1. The molecule has 8 heteroatoms. The van der Waals surface area contributed by atoms with Crippen LogP contribution in [-0.2, 0) is 18.3 Å². The number of aryl methyl sites for hydroxylation is 2.